The number of carbonyl (C=O) groups excluding carboxylic acids is 1. The Morgan fingerprint density at radius 2 is 2.22 bits per heavy atom. The van der Waals surface area contributed by atoms with Gasteiger partial charge in [0.25, 0.3) is 0 Å². The molecule has 0 radical (unpaired) electrons. The molecule has 5 heteroatoms. The Labute approximate surface area is 140 Å². The molecule has 0 bridgehead atoms. The molecule has 0 spiro atoms. The number of benzene rings is 1. The first-order valence-electron chi connectivity index (χ1n) is 7.78. The van der Waals surface area contributed by atoms with E-state index in [9.17, 15) is 4.79 Å². The molecule has 1 aliphatic rings. The lowest BCUT2D eigenvalue weighted by atomic mass is 9.96. The van der Waals surface area contributed by atoms with Gasteiger partial charge in [-0.2, -0.15) is 5.10 Å². The topological polar surface area (TPSA) is 54.4 Å². The lowest BCUT2D eigenvalue weighted by Crippen LogP contribution is -2.20. The van der Waals surface area contributed by atoms with Gasteiger partial charge in [0.05, 0.1) is 12.1 Å². The van der Waals surface area contributed by atoms with Crippen molar-refractivity contribution in [2.45, 2.75) is 25.7 Å². The number of hydrogen-bond donors (Lipinski definition) is 1. The van der Waals surface area contributed by atoms with Crippen molar-refractivity contribution in [3.05, 3.63) is 52.9 Å². The van der Waals surface area contributed by atoms with Crippen molar-refractivity contribution in [1.29, 1.82) is 0 Å². The van der Waals surface area contributed by atoms with Gasteiger partial charge in [0.1, 0.15) is 5.01 Å². The number of amides is 1. The SMILES string of the molecule is O=C(Cc1nc(-c2ccccc2)cs1)N/N=C\[C@@H]1CC=CCC1. The number of allylic oxidation sites excluding steroid dienone is 2. The fourth-order valence-electron chi connectivity index (χ4n) is 2.48. The van der Waals surface area contributed by atoms with Crippen LogP contribution < -0.4 is 5.43 Å². The zero-order valence-corrected chi connectivity index (χ0v) is 13.6. The van der Waals surface area contributed by atoms with Crippen LogP contribution in [0.25, 0.3) is 11.3 Å². The van der Waals surface area contributed by atoms with Gasteiger partial charge in [-0.1, -0.05) is 42.5 Å². The summed E-state index contributed by atoms with van der Waals surface area (Å²) >= 11 is 1.50. The molecule has 1 aromatic heterocycles. The van der Waals surface area contributed by atoms with E-state index in [-0.39, 0.29) is 12.3 Å². The number of carbonyl (C=O) groups is 1. The standard InChI is InChI=1S/C18H19N3OS/c22-17(21-19-12-14-7-3-1-4-8-14)11-18-20-16(13-23-18)15-9-5-2-6-10-15/h1-3,5-6,9-10,12-14H,4,7-8,11H2,(H,21,22)/b19-12-/t14-/m1/s1. The van der Waals surface area contributed by atoms with Crippen LogP contribution >= 0.6 is 11.3 Å². The first-order chi connectivity index (χ1) is 11.3. The summed E-state index contributed by atoms with van der Waals surface area (Å²) in [5, 5.41) is 6.86. The Morgan fingerprint density at radius 3 is 3.00 bits per heavy atom. The summed E-state index contributed by atoms with van der Waals surface area (Å²) in [7, 11) is 0. The highest BCUT2D eigenvalue weighted by Crippen LogP contribution is 2.21. The second-order valence-electron chi connectivity index (χ2n) is 5.53. The Balaban J connectivity index is 1.51. The monoisotopic (exact) mass is 325 g/mol. The van der Waals surface area contributed by atoms with Crippen LogP contribution in [0.2, 0.25) is 0 Å². The van der Waals surface area contributed by atoms with Crippen LogP contribution in [-0.2, 0) is 11.2 Å². The van der Waals surface area contributed by atoms with Gasteiger partial charge >= 0.3 is 0 Å². The number of nitrogens with zero attached hydrogens (tertiary/aromatic N) is 2. The highest BCUT2D eigenvalue weighted by Gasteiger charge is 2.09. The van der Waals surface area contributed by atoms with Crippen molar-refractivity contribution in [2.75, 3.05) is 0 Å². The van der Waals surface area contributed by atoms with E-state index in [1.165, 1.54) is 11.3 Å². The molecule has 23 heavy (non-hydrogen) atoms. The lowest BCUT2D eigenvalue weighted by molar-refractivity contribution is -0.120. The van der Waals surface area contributed by atoms with E-state index in [0.717, 1.165) is 35.5 Å². The second-order valence-corrected chi connectivity index (χ2v) is 6.47. The Bertz CT molecular complexity index is 706. The molecule has 2 aromatic rings. The zero-order chi connectivity index (χ0) is 15.9. The summed E-state index contributed by atoms with van der Waals surface area (Å²) in [6, 6.07) is 9.97. The van der Waals surface area contributed by atoms with Gasteiger partial charge in [0, 0.05) is 17.2 Å². The van der Waals surface area contributed by atoms with Crippen LogP contribution in [0.1, 0.15) is 24.3 Å². The Morgan fingerprint density at radius 1 is 1.35 bits per heavy atom. The number of aromatic nitrogens is 1. The van der Waals surface area contributed by atoms with Gasteiger partial charge in [0.15, 0.2) is 0 Å². The van der Waals surface area contributed by atoms with Crippen LogP contribution in [0.4, 0.5) is 0 Å². The molecule has 1 amide bonds. The molecular weight excluding hydrogens is 306 g/mol. The minimum atomic E-state index is -0.124. The summed E-state index contributed by atoms with van der Waals surface area (Å²) < 4.78 is 0. The fraction of sp³-hybridized carbons (Fsp3) is 0.278. The number of rotatable bonds is 5. The quantitative estimate of drug-likeness (QED) is 0.516. The molecule has 1 heterocycles. The summed E-state index contributed by atoms with van der Waals surface area (Å²) in [4.78, 5) is 16.4. The molecular formula is C18H19N3OS. The largest absolute Gasteiger partial charge is 0.273 e. The van der Waals surface area contributed by atoms with E-state index >= 15 is 0 Å². The average Bonchev–Trinajstić information content (AvgIpc) is 3.05. The smallest absolute Gasteiger partial charge is 0.246 e. The van der Waals surface area contributed by atoms with Crippen molar-refractivity contribution in [3.8, 4) is 11.3 Å². The van der Waals surface area contributed by atoms with Crippen molar-refractivity contribution >= 4 is 23.5 Å². The molecule has 1 aliphatic carbocycles. The zero-order valence-electron chi connectivity index (χ0n) is 12.8. The van der Waals surface area contributed by atoms with E-state index in [2.05, 4.69) is 27.7 Å². The lowest BCUT2D eigenvalue weighted by Gasteiger charge is -2.11. The predicted octanol–water partition coefficient (Wildman–Crippen LogP) is 3.81. The van der Waals surface area contributed by atoms with Gasteiger partial charge in [-0.15, -0.1) is 11.3 Å². The minimum absolute atomic E-state index is 0.124. The summed E-state index contributed by atoms with van der Waals surface area (Å²) in [6.45, 7) is 0. The van der Waals surface area contributed by atoms with Gasteiger partial charge in [-0.3, -0.25) is 4.79 Å². The van der Waals surface area contributed by atoms with E-state index in [4.69, 9.17) is 0 Å². The normalized spacial score (nSPS) is 17.5. The Kier molecular flexibility index (Phi) is 5.32. The van der Waals surface area contributed by atoms with Gasteiger partial charge in [0.2, 0.25) is 5.91 Å². The van der Waals surface area contributed by atoms with E-state index in [1.807, 2.05) is 41.9 Å². The maximum absolute atomic E-state index is 11.9. The molecule has 4 nitrogen and oxygen atoms in total. The maximum Gasteiger partial charge on any atom is 0.246 e. The van der Waals surface area contributed by atoms with Crippen molar-refractivity contribution in [2.24, 2.45) is 11.0 Å². The molecule has 1 aromatic carbocycles. The van der Waals surface area contributed by atoms with E-state index in [1.54, 1.807) is 0 Å². The fourth-order valence-corrected chi connectivity index (χ4v) is 3.28. The number of hydrazone groups is 1. The number of thiazole rings is 1. The van der Waals surface area contributed by atoms with Crippen LogP contribution in [0.15, 0.2) is 53.0 Å². The van der Waals surface area contributed by atoms with Gasteiger partial charge in [-0.05, 0) is 25.2 Å². The molecule has 0 saturated carbocycles. The molecule has 118 valence electrons. The predicted molar refractivity (Wildman–Crippen MR) is 94.4 cm³/mol. The molecule has 0 saturated heterocycles. The first-order valence-corrected chi connectivity index (χ1v) is 8.66. The van der Waals surface area contributed by atoms with Crippen molar-refractivity contribution in [3.63, 3.8) is 0 Å². The van der Waals surface area contributed by atoms with Crippen molar-refractivity contribution < 1.29 is 4.79 Å². The molecule has 0 aliphatic heterocycles. The summed E-state index contributed by atoms with van der Waals surface area (Å²) in [6.07, 6.45) is 9.66. The second kappa shape index (κ2) is 7.83. The molecule has 0 fully saturated rings. The van der Waals surface area contributed by atoms with E-state index in [0.29, 0.717) is 5.92 Å². The third kappa shape index (κ3) is 4.60. The van der Waals surface area contributed by atoms with Crippen LogP contribution in [-0.4, -0.2) is 17.1 Å². The van der Waals surface area contributed by atoms with Gasteiger partial charge < -0.3 is 0 Å². The Hall–Kier alpha value is -2.27. The number of nitrogens with one attached hydrogen (secondary N) is 1. The molecule has 3 rings (SSSR count). The number of hydrogen-bond acceptors (Lipinski definition) is 4. The van der Waals surface area contributed by atoms with Crippen LogP contribution in [0.5, 0.6) is 0 Å². The molecule has 1 atom stereocenters. The van der Waals surface area contributed by atoms with E-state index < -0.39 is 0 Å². The van der Waals surface area contributed by atoms with Crippen LogP contribution in [0, 0.1) is 5.92 Å². The summed E-state index contributed by atoms with van der Waals surface area (Å²) in [5.41, 5.74) is 4.58. The highest BCUT2D eigenvalue weighted by molar-refractivity contribution is 7.10. The van der Waals surface area contributed by atoms with Crippen molar-refractivity contribution in [1.82, 2.24) is 10.4 Å². The van der Waals surface area contributed by atoms with Crippen LogP contribution in [0.3, 0.4) is 0 Å². The molecule has 1 N–H and O–H groups in total. The molecule has 0 unspecified atom stereocenters. The average molecular weight is 325 g/mol. The first kappa shape index (κ1) is 15.6. The third-order valence-electron chi connectivity index (χ3n) is 3.72. The maximum atomic E-state index is 11.9. The summed E-state index contributed by atoms with van der Waals surface area (Å²) in [5.74, 6) is 0.311. The highest BCUT2D eigenvalue weighted by atomic mass is 32.1. The minimum Gasteiger partial charge on any atom is -0.273 e. The van der Waals surface area contributed by atoms with Gasteiger partial charge in [-0.25, -0.2) is 10.4 Å². The third-order valence-corrected chi connectivity index (χ3v) is 4.57.